The molecule has 38 heavy (non-hydrogen) atoms. The molecule has 1 aromatic heterocycles. The molecule has 3 aromatic rings. The van der Waals surface area contributed by atoms with Crippen molar-refractivity contribution in [3.63, 3.8) is 0 Å². The largest absolute Gasteiger partial charge is 0.493 e. The molecule has 0 atom stereocenters. The molecule has 7 nitrogen and oxygen atoms in total. The summed E-state index contributed by atoms with van der Waals surface area (Å²) in [6, 6.07) is 16.0. The Bertz CT molecular complexity index is 1440. The molecule has 0 unspecified atom stereocenters. The second kappa shape index (κ2) is 11.3. The predicted molar refractivity (Wildman–Crippen MR) is 147 cm³/mol. The fraction of sp³-hybridized carbons (Fsp3) is 0.258. The first-order chi connectivity index (χ1) is 18.6. The topological polar surface area (TPSA) is 72.0 Å². The van der Waals surface area contributed by atoms with Crippen molar-refractivity contribution in [2.24, 2.45) is 0 Å². The number of benzene rings is 2. The molecule has 1 fully saturated rings. The van der Waals surface area contributed by atoms with Gasteiger partial charge in [0.25, 0.3) is 11.8 Å². The van der Waals surface area contributed by atoms with Gasteiger partial charge >= 0.3 is 0 Å². The number of para-hydroxylation sites is 1. The Labute approximate surface area is 222 Å². The third kappa shape index (κ3) is 5.46. The fourth-order valence-corrected chi connectivity index (χ4v) is 5.03. The van der Waals surface area contributed by atoms with Crippen molar-refractivity contribution in [2.45, 2.75) is 25.4 Å². The maximum Gasteiger partial charge on any atom is 0.253 e. The molecule has 0 spiro atoms. The first-order valence-corrected chi connectivity index (χ1v) is 12.6. The number of hydrogen-bond donors (Lipinski definition) is 0. The van der Waals surface area contributed by atoms with Crippen LogP contribution in [0.3, 0.4) is 0 Å². The van der Waals surface area contributed by atoms with Crippen LogP contribution in [0.1, 0.15) is 29.7 Å². The monoisotopic (exact) mass is 507 g/mol. The van der Waals surface area contributed by atoms with Gasteiger partial charge in [-0.05, 0) is 48.7 Å². The summed E-state index contributed by atoms with van der Waals surface area (Å²) in [4.78, 5) is 32.6. The highest BCUT2D eigenvalue weighted by Crippen LogP contribution is 2.35. The van der Waals surface area contributed by atoms with Crippen LogP contribution < -0.4 is 9.47 Å². The van der Waals surface area contributed by atoms with Gasteiger partial charge in [-0.2, -0.15) is 0 Å². The zero-order valence-electron chi connectivity index (χ0n) is 21.3. The number of imide groups is 1. The Morgan fingerprint density at radius 2 is 1.82 bits per heavy atom. The molecular formula is C31H29N3O4. The number of terminal acetylenes is 1. The summed E-state index contributed by atoms with van der Waals surface area (Å²) in [5, 5.41) is 1.10. The van der Waals surface area contributed by atoms with Crippen LogP contribution in [0.2, 0.25) is 0 Å². The van der Waals surface area contributed by atoms with E-state index in [2.05, 4.69) is 23.0 Å². The Balaban J connectivity index is 1.36. The number of carbonyl (C=O) groups is 2. The first kappa shape index (κ1) is 25.2. The van der Waals surface area contributed by atoms with E-state index in [1.165, 1.54) is 17.1 Å². The summed E-state index contributed by atoms with van der Waals surface area (Å²) in [6.07, 6.45) is 13.6. The number of aromatic nitrogens is 1. The molecule has 1 saturated heterocycles. The molecule has 0 N–H and O–H groups in total. The highest BCUT2D eigenvalue weighted by molar-refractivity contribution is 6.13. The van der Waals surface area contributed by atoms with Crippen LogP contribution in [0.15, 0.2) is 60.7 Å². The second-order valence-electron chi connectivity index (χ2n) is 9.35. The van der Waals surface area contributed by atoms with Gasteiger partial charge in [0.2, 0.25) is 0 Å². The van der Waals surface area contributed by atoms with Crippen molar-refractivity contribution < 1.29 is 19.1 Å². The number of amides is 2. The number of methoxy groups -OCH3 is 1. The number of pyridine rings is 1. The average molecular weight is 508 g/mol. The molecular weight excluding hydrogens is 478 g/mol. The molecule has 2 aliphatic rings. The van der Waals surface area contributed by atoms with Gasteiger partial charge in [-0.15, -0.1) is 6.42 Å². The summed E-state index contributed by atoms with van der Waals surface area (Å²) in [7, 11) is 1.61. The van der Waals surface area contributed by atoms with E-state index in [0.717, 1.165) is 53.7 Å². The number of likely N-dealkylation sites (tertiary alicyclic amines) is 1. The lowest BCUT2D eigenvalue weighted by molar-refractivity contribution is -0.140. The molecule has 2 aromatic carbocycles. The first-order valence-electron chi connectivity index (χ1n) is 12.6. The molecule has 0 bridgehead atoms. The number of rotatable bonds is 8. The molecule has 192 valence electrons. The van der Waals surface area contributed by atoms with E-state index < -0.39 is 0 Å². The molecule has 5 rings (SSSR count). The van der Waals surface area contributed by atoms with E-state index in [0.29, 0.717) is 18.0 Å². The Kier molecular flexibility index (Phi) is 7.52. The van der Waals surface area contributed by atoms with Crippen molar-refractivity contribution in [2.75, 3.05) is 26.8 Å². The molecule has 2 amide bonds. The molecule has 3 heterocycles. The van der Waals surface area contributed by atoms with Gasteiger partial charge in [-0.25, -0.2) is 4.98 Å². The Morgan fingerprint density at radius 1 is 1.05 bits per heavy atom. The van der Waals surface area contributed by atoms with Crippen LogP contribution in [0.4, 0.5) is 0 Å². The van der Waals surface area contributed by atoms with Crippen molar-refractivity contribution in [1.82, 2.24) is 14.8 Å². The minimum atomic E-state index is -0.219. The van der Waals surface area contributed by atoms with Crippen LogP contribution >= 0.6 is 0 Å². The molecule has 0 radical (unpaired) electrons. The SMILES string of the molecule is C#CCOc1c(CN2CCC(N3C(=O)C=CC3=O)CC2)cc(/C=C/c2ccc3ccccc3n2)cc1OC. The van der Waals surface area contributed by atoms with E-state index in [-0.39, 0.29) is 24.5 Å². The summed E-state index contributed by atoms with van der Waals surface area (Å²) in [5.41, 5.74) is 3.72. The quantitative estimate of drug-likeness (QED) is 0.334. The van der Waals surface area contributed by atoms with Crippen LogP contribution in [0, 0.1) is 12.3 Å². The van der Waals surface area contributed by atoms with Crippen LogP contribution in [0.25, 0.3) is 23.1 Å². The van der Waals surface area contributed by atoms with E-state index in [1.54, 1.807) is 7.11 Å². The Morgan fingerprint density at radius 3 is 2.55 bits per heavy atom. The number of ether oxygens (including phenoxy) is 2. The highest BCUT2D eigenvalue weighted by atomic mass is 16.5. The number of fused-ring (bicyclic) bond motifs is 1. The van der Waals surface area contributed by atoms with Gasteiger partial charge in [0.15, 0.2) is 11.5 Å². The summed E-state index contributed by atoms with van der Waals surface area (Å²) in [6.45, 7) is 2.26. The average Bonchev–Trinajstić information content (AvgIpc) is 3.28. The molecule has 7 heteroatoms. The molecule has 2 aliphatic heterocycles. The molecule has 0 aliphatic carbocycles. The van der Waals surface area contributed by atoms with Crippen molar-refractivity contribution in [1.29, 1.82) is 0 Å². The van der Waals surface area contributed by atoms with Crippen LogP contribution in [-0.2, 0) is 16.1 Å². The fourth-order valence-electron chi connectivity index (χ4n) is 5.03. The van der Waals surface area contributed by atoms with E-state index in [4.69, 9.17) is 20.9 Å². The molecule has 0 saturated carbocycles. The van der Waals surface area contributed by atoms with Crippen molar-refractivity contribution in [3.8, 4) is 23.8 Å². The number of piperidine rings is 1. The third-order valence-corrected chi connectivity index (χ3v) is 6.90. The minimum Gasteiger partial charge on any atom is -0.493 e. The third-order valence-electron chi connectivity index (χ3n) is 6.90. The van der Waals surface area contributed by atoms with Gasteiger partial charge in [0, 0.05) is 48.8 Å². The zero-order chi connectivity index (χ0) is 26.5. The normalized spacial score (nSPS) is 16.5. The van der Waals surface area contributed by atoms with E-state index in [9.17, 15) is 9.59 Å². The summed E-state index contributed by atoms with van der Waals surface area (Å²) >= 11 is 0. The van der Waals surface area contributed by atoms with Crippen LogP contribution in [0.5, 0.6) is 11.5 Å². The Hall–Kier alpha value is -4.41. The van der Waals surface area contributed by atoms with Crippen LogP contribution in [-0.4, -0.2) is 59.4 Å². The summed E-state index contributed by atoms with van der Waals surface area (Å²) in [5.74, 6) is 3.33. The lowest BCUT2D eigenvalue weighted by Gasteiger charge is -2.36. The van der Waals surface area contributed by atoms with Gasteiger partial charge in [0.1, 0.15) is 6.61 Å². The lowest BCUT2D eigenvalue weighted by Crippen LogP contribution is -2.47. The maximum atomic E-state index is 12.1. The highest BCUT2D eigenvalue weighted by Gasteiger charge is 2.33. The second-order valence-corrected chi connectivity index (χ2v) is 9.35. The number of carbonyl (C=O) groups excluding carboxylic acids is 2. The summed E-state index contributed by atoms with van der Waals surface area (Å²) < 4.78 is 11.6. The standard InChI is InChI=1S/C31H29N3O4/c1-3-18-38-31-24(21-33-16-14-26(15-17-33)34-29(35)12-13-30(34)36)19-22(20-28(31)37-2)8-10-25-11-9-23-6-4-5-7-27(23)32-25/h1,4-13,19-20,26H,14-18,21H2,2H3/b10-8+. The zero-order valence-corrected chi connectivity index (χ0v) is 21.3. The lowest BCUT2D eigenvalue weighted by atomic mass is 10.0. The maximum absolute atomic E-state index is 12.1. The predicted octanol–water partition coefficient (Wildman–Crippen LogP) is 4.32. The van der Waals surface area contributed by atoms with Gasteiger partial charge in [0.05, 0.1) is 18.3 Å². The van der Waals surface area contributed by atoms with Gasteiger partial charge in [-0.1, -0.05) is 36.3 Å². The number of nitrogens with zero attached hydrogens (tertiary/aromatic N) is 3. The van der Waals surface area contributed by atoms with E-state index >= 15 is 0 Å². The van der Waals surface area contributed by atoms with E-state index in [1.807, 2.05) is 48.6 Å². The van der Waals surface area contributed by atoms with Gasteiger partial charge in [-0.3, -0.25) is 19.4 Å². The number of hydrogen-bond acceptors (Lipinski definition) is 6. The van der Waals surface area contributed by atoms with Crippen molar-refractivity contribution >= 4 is 34.9 Å². The van der Waals surface area contributed by atoms with Crippen molar-refractivity contribution in [3.05, 3.63) is 77.5 Å². The van der Waals surface area contributed by atoms with Gasteiger partial charge < -0.3 is 9.47 Å². The smallest absolute Gasteiger partial charge is 0.253 e. The minimum absolute atomic E-state index is 0.0725.